The standard InChI is InChI=1S/C22H32F2N4O4/c1-15(2)20(26-21(30)19-16(23)6-4-7-17(19)24)22(31)28-11-9-27(10-12-28)14-18(29)25-8-5-13-32-3/h4,6-7,15,20H,5,8-14H2,1-3H3,(H,25,29)(H,26,30)/t20-/m0/s1. The second kappa shape index (κ2) is 12.4. The van der Waals surface area contributed by atoms with Crippen LogP contribution in [0.5, 0.6) is 0 Å². The van der Waals surface area contributed by atoms with Gasteiger partial charge in [-0.2, -0.15) is 0 Å². The van der Waals surface area contributed by atoms with Crippen molar-refractivity contribution in [3.63, 3.8) is 0 Å². The second-order valence-electron chi connectivity index (χ2n) is 8.09. The molecule has 0 radical (unpaired) electrons. The minimum atomic E-state index is -0.980. The second-order valence-corrected chi connectivity index (χ2v) is 8.09. The van der Waals surface area contributed by atoms with Crippen LogP contribution in [0, 0.1) is 17.6 Å². The molecule has 0 bridgehead atoms. The Morgan fingerprint density at radius 2 is 1.72 bits per heavy atom. The molecule has 0 unspecified atom stereocenters. The van der Waals surface area contributed by atoms with Gasteiger partial charge in [-0.05, 0) is 24.5 Å². The number of carbonyl (C=O) groups excluding carboxylic acids is 3. The van der Waals surface area contributed by atoms with Gasteiger partial charge in [-0.25, -0.2) is 8.78 Å². The minimum absolute atomic E-state index is 0.0832. The largest absolute Gasteiger partial charge is 0.385 e. The molecule has 10 heteroatoms. The molecule has 1 atom stereocenters. The smallest absolute Gasteiger partial charge is 0.257 e. The average molecular weight is 455 g/mol. The van der Waals surface area contributed by atoms with Crippen LogP contribution < -0.4 is 10.6 Å². The summed E-state index contributed by atoms with van der Waals surface area (Å²) in [5.41, 5.74) is -0.702. The Morgan fingerprint density at radius 3 is 2.28 bits per heavy atom. The van der Waals surface area contributed by atoms with Crippen molar-refractivity contribution >= 4 is 17.7 Å². The number of hydrogen-bond donors (Lipinski definition) is 2. The molecule has 2 N–H and O–H groups in total. The molecule has 1 fully saturated rings. The van der Waals surface area contributed by atoms with E-state index >= 15 is 0 Å². The monoisotopic (exact) mass is 454 g/mol. The van der Waals surface area contributed by atoms with Crippen molar-refractivity contribution in [3.8, 4) is 0 Å². The summed E-state index contributed by atoms with van der Waals surface area (Å²) in [4.78, 5) is 41.1. The van der Waals surface area contributed by atoms with Gasteiger partial charge in [0.25, 0.3) is 5.91 Å². The highest BCUT2D eigenvalue weighted by Gasteiger charge is 2.32. The van der Waals surface area contributed by atoms with Gasteiger partial charge in [0.15, 0.2) is 0 Å². The number of nitrogens with zero attached hydrogens (tertiary/aromatic N) is 2. The Hall–Kier alpha value is -2.59. The Bertz CT molecular complexity index is 778. The molecule has 1 saturated heterocycles. The third kappa shape index (κ3) is 7.23. The fourth-order valence-electron chi connectivity index (χ4n) is 3.47. The van der Waals surface area contributed by atoms with Crippen molar-refractivity contribution < 1.29 is 27.9 Å². The molecule has 1 aromatic carbocycles. The van der Waals surface area contributed by atoms with Crippen molar-refractivity contribution in [2.24, 2.45) is 5.92 Å². The summed E-state index contributed by atoms with van der Waals surface area (Å²) in [6.45, 7) is 6.69. The lowest BCUT2D eigenvalue weighted by Gasteiger charge is -2.37. The molecule has 1 aliphatic rings. The number of ether oxygens (including phenoxy) is 1. The zero-order valence-corrected chi connectivity index (χ0v) is 18.8. The van der Waals surface area contributed by atoms with Gasteiger partial charge in [0.05, 0.1) is 6.54 Å². The molecule has 178 valence electrons. The van der Waals surface area contributed by atoms with E-state index < -0.39 is 29.1 Å². The zero-order chi connectivity index (χ0) is 23.7. The first-order valence-electron chi connectivity index (χ1n) is 10.8. The third-order valence-electron chi connectivity index (χ3n) is 5.31. The predicted molar refractivity (Wildman–Crippen MR) is 115 cm³/mol. The molecule has 0 aromatic heterocycles. The van der Waals surface area contributed by atoms with Gasteiger partial charge in [0.1, 0.15) is 23.2 Å². The van der Waals surface area contributed by atoms with Crippen LogP contribution in [-0.2, 0) is 14.3 Å². The summed E-state index contributed by atoms with van der Waals surface area (Å²) in [5, 5.41) is 5.32. The van der Waals surface area contributed by atoms with Gasteiger partial charge in [-0.15, -0.1) is 0 Å². The highest BCUT2D eigenvalue weighted by atomic mass is 19.1. The van der Waals surface area contributed by atoms with Gasteiger partial charge in [-0.3, -0.25) is 19.3 Å². The normalized spacial score (nSPS) is 15.5. The molecule has 2 rings (SSSR count). The number of halogens is 2. The van der Waals surface area contributed by atoms with Crippen LogP contribution in [0.3, 0.4) is 0 Å². The van der Waals surface area contributed by atoms with Crippen LogP contribution in [0.1, 0.15) is 30.6 Å². The van der Waals surface area contributed by atoms with Gasteiger partial charge in [0.2, 0.25) is 11.8 Å². The van der Waals surface area contributed by atoms with Crippen molar-refractivity contribution in [2.75, 3.05) is 53.0 Å². The Morgan fingerprint density at radius 1 is 1.09 bits per heavy atom. The van der Waals surface area contributed by atoms with E-state index in [0.29, 0.717) is 39.3 Å². The first-order chi connectivity index (χ1) is 15.2. The molecule has 0 saturated carbocycles. The van der Waals surface area contributed by atoms with E-state index in [9.17, 15) is 23.2 Å². The number of methoxy groups -OCH3 is 1. The molecule has 32 heavy (non-hydrogen) atoms. The molecule has 1 aliphatic heterocycles. The summed E-state index contributed by atoms with van der Waals surface area (Å²) in [6, 6.07) is 2.25. The number of amides is 3. The maximum absolute atomic E-state index is 13.9. The number of piperazine rings is 1. The average Bonchev–Trinajstić information content (AvgIpc) is 2.75. The number of rotatable bonds is 10. The van der Waals surface area contributed by atoms with E-state index in [4.69, 9.17) is 4.74 Å². The molecular weight excluding hydrogens is 422 g/mol. The maximum Gasteiger partial charge on any atom is 0.257 e. The number of benzene rings is 1. The van der Waals surface area contributed by atoms with Crippen LogP contribution in [0.2, 0.25) is 0 Å². The molecule has 1 aromatic rings. The summed E-state index contributed by atoms with van der Waals surface area (Å²) >= 11 is 0. The number of nitrogens with one attached hydrogen (secondary N) is 2. The highest BCUT2D eigenvalue weighted by Crippen LogP contribution is 2.15. The number of hydrogen-bond acceptors (Lipinski definition) is 5. The van der Waals surface area contributed by atoms with E-state index in [-0.39, 0.29) is 24.3 Å². The van der Waals surface area contributed by atoms with Crippen LogP contribution >= 0.6 is 0 Å². The summed E-state index contributed by atoms with van der Waals surface area (Å²) in [6.07, 6.45) is 0.740. The van der Waals surface area contributed by atoms with Crippen molar-refractivity contribution in [1.29, 1.82) is 0 Å². The van der Waals surface area contributed by atoms with E-state index in [1.54, 1.807) is 25.9 Å². The Kier molecular flexibility index (Phi) is 9.98. The zero-order valence-electron chi connectivity index (χ0n) is 18.8. The van der Waals surface area contributed by atoms with Gasteiger partial charge < -0.3 is 20.3 Å². The summed E-state index contributed by atoms with van der Waals surface area (Å²) in [7, 11) is 1.61. The lowest BCUT2D eigenvalue weighted by molar-refractivity contribution is -0.136. The van der Waals surface area contributed by atoms with Gasteiger partial charge in [-0.1, -0.05) is 19.9 Å². The third-order valence-corrected chi connectivity index (χ3v) is 5.31. The van der Waals surface area contributed by atoms with Crippen LogP contribution in [-0.4, -0.2) is 86.5 Å². The quantitative estimate of drug-likeness (QED) is 0.515. The minimum Gasteiger partial charge on any atom is -0.385 e. The fourth-order valence-corrected chi connectivity index (χ4v) is 3.47. The molecule has 8 nitrogen and oxygen atoms in total. The molecule has 1 heterocycles. The first-order valence-corrected chi connectivity index (χ1v) is 10.8. The predicted octanol–water partition coefficient (Wildman–Crippen LogP) is 1.02. The van der Waals surface area contributed by atoms with Crippen molar-refractivity contribution in [1.82, 2.24) is 20.4 Å². The van der Waals surface area contributed by atoms with E-state index in [2.05, 4.69) is 10.6 Å². The highest BCUT2D eigenvalue weighted by molar-refractivity contribution is 5.98. The van der Waals surface area contributed by atoms with E-state index in [0.717, 1.165) is 18.6 Å². The van der Waals surface area contributed by atoms with E-state index in [1.807, 2.05) is 4.90 Å². The molecule has 3 amide bonds. The fraction of sp³-hybridized carbons (Fsp3) is 0.591. The molecule has 0 spiro atoms. The van der Waals surface area contributed by atoms with Crippen LogP contribution in [0.25, 0.3) is 0 Å². The summed E-state index contributed by atoms with van der Waals surface area (Å²) in [5.74, 6) is -3.60. The van der Waals surface area contributed by atoms with Crippen LogP contribution in [0.15, 0.2) is 18.2 Å². The van der Waals surface area contributed by atoms with Crippen LogP contribution in [0.4, 0.5) is 8.78 Å². The molecule has 0 aliphatic carbocycles. The van der Waals surface area contributed by atoms with Gasteiger partial charge >= 0.3 is 0 Å². The molecular formula is C22H32F2N4O4. The van der Waals surface area contributed by atoms with Crippen molar-refractivity contribution in [2.45, 2.75) is 26.3 Å². The van der Waals surface area contributed by atoms with E-state index in [1.165, 1.54) is 6.07 Å². The Balaban J connectivity index is 1.89. The van der Waals surface area contributed by atoms with Crippen molar-refractivity contribution in [3.05, 3.63) is 35.4 Å². The topological polar surface area (TPSA) is 91.0 Å². The van der Waals surface area contributed by atoms with Gasteiger partial charge in [0, 0.05) is 46.4 Å². The Labute approximate surface area is 187 Å². The summed E-state index contributed by atoms with van der Waals surface area (Å²) < 4.78 is 32.8. The number of carbonyl (C=O) groups is 3. The maximum atomic E-state index is 13.9. The SMILES string of the molecule is COCCCNC(=O)CN1CCN(C(=O)[C@@H](NC(=O)c2c(F)cccc2F)C(C)C)CC1. The first kappa shape index (κ1) is 25.7. The lowest BCUT2D eigenvalue weighted by atomic mass is 10.0. The lowest BCUT2D eigenvalue weighted by Crippen LogP contribution is -2.57.